The summed E-state index contributed by atoms with van der Waals surface area (Å²) in [6.07, 6.45) is 4.01. The highest BCUT2D eigenvalue weighted by molar-refractivity contribution is 5.97. The molecule has 2 fully saturated rings. The summed E-state index contributed by atoms with van der Waals surface area (Å²) in [6, 6.07) is 1.66. The third-order valence-electron chi connectivity index (χ3n) is 4.77. The first-order chi connectivity index (χ1) is 10.5. The number of carboxylic acids is 1. The van der Waals surface area contributed by atoms with Crippen molar-refractivity contribution in [1.82, 2.24) is 4.90 Å². The van der Waals surface area contributed by atoms with Crippen LogP contribution in [0.1, 0.15) is 42.5 Å². The van der Waals surface area contributed by atoms with E-state index >= 15 is 0 Å². The van der Waals surface area contributed by atoms with Gasteiger partial charge in [-0.2, -0.15) is 0 Å². The van der Waals surface area contributed by atoms with Crippen LogP contribution in [0.5, 0.6) is 0 Å². The van der Waals surface area contributed by atoms with Crippen molar-refractivity contribution >= 4 is 11.9 Å². The Labute approximate surface area is 126 Å². The second-order valence-corrected chi connectivity index (χ2v) is 6.04. The van der Waals surface area contributed by atoms with Gasteiger partial charge < -0.3 is 10.0 Å². The maximum atomic E-state index is 13.9. The standard InChI is InChI=1S/C16H17F2NO3/c17-10-5-6-11(12(18)8-10)15(20)19-13-4-2-1-3-9(13)7-14(19)16(21)22/h5-6,8-9,13-14H,1-4,7H2,(H,21,22)/t9-,13+,14+/m1/s1. The molecule has 0 aromatic heterocycles. The molecule has 0 bridgehead atoms. The first kappa shape index (κ1) is 14.9. The number of aliphatic carboxylic acids is 1. The number of carbonyl (C=O) groups excluding carboxylic acids is 1. The topological polar surface area (TPSA) is 57.6 Å². The first-order valence-corrected chi connectivity index (χ1v) is 7.49. The maximum Gasteiger partial charge on any atom is 0.326 e. The molecule has 3 rings (SSSR count). The fourth-order valence-electron chi connectivity index (χ4n) is 3.77. The van der Waals surface area contributed by atoms with E-state index in [2.05, 4.69) is 0 Å². The van der Waals surface area contributed by atoms with Gasteiger partial charge in [-0.25, -0.2) is 13.6 Å². The van der Waals surface area contributed by atoms with Crippen molar-refractivity contribution in [2.75, 3.05) is 0 Å². The Balaban J connectivity index is 1.95. The number of carboxylic acid groups (broad SMARTS) is 1. The summed E-state index contributed by atoms with van der Waals surface area (Å²) in [5, 5.41) is 9.39. The quantitative estimate of drug-likeness (QED) is 0.914. The zero-order valence-corrected chi connectivity index (χ0v) is 12.0. The molecule has 6 heteroatoms. The van der Waals surface area contributed by atoms with E-state index in [9.17, 15) is 23.5 Å². The Bertz CT molecular complexity index is 619. The van der Waals surface area contributed by atoms with Gasteiger partial charge >= 0.3 is 5.97 Å². The van der Waals surface area contributed by atoms with Crippen molar-refractivity contribution in [3.63, 3.8) is 0 Å². The first-order valence-electron chi connectivity index (χ1n) is 7.49. The molecule has 1 saturated carbocycles. The fourth-order valence-corrected chi connectivity index (χ4v) is 3.77. The summed E-state index contributed by atoms with van der Waals surface area (Å²) in [4.78, 5) is 25.4. The van der Waals surface area contributed by atoms with Crippen LogP contribution in [-0.4, -0.2) is 34.0 Å². The van der Waals surface area contributed by atoms with Crippen LogP contribution in [0.4, 0.5) is 8.78 Å². The van der Waals surface area contributed by atoms with Crippen molar-refractivity contribution < 1.29 is 23.5 Å². The molecule has 3 atom stereocenters. The minimum Gasteiger partial charge on any atom is -0.480 e. The number of hydrogen-bond acceptors (Lipinski definition) is 2. The molecule has 0 unspecified atom stereocenters. The molecule has 1 aliphatic heterocycles. The summed E-state index contributed by atoms with van der Waals surface area (Å²) in [5.41, 5.74) is -0.265. The molecule has 1 aromatic carbocycles. The molecule has 2 aliphatic rings. The maximum absolute atomic E-state index is 13.9. The monoisotopic (exact) mass is 309 g/mol. The van der Waals surface area contributed by atoms with Gasteiger partial charge in [-0.15, -0.1) is 0 Å². The normalized spacial score (nSPS) is 27.5. The lowest BCUT2D eigenvalue weighted by molar-refractivity contribution is -0.141. The van der Waals surface area contributed by atoms with Gasteiger partial charge in [0.15, 0.2) is 0 Å². The van der Waals surface area contributed by atoms with E-state index in [1.54, 1.807) is 0 Å². The largest absolute Gasteiger partial charge is 0.480 e. The third kappa shape index (κ3) is 2.46. The predicted octanol–water partition coefficient (Wildman–Crippen LogP) is 2.82. The number of fused-ring (bicyclic) bond motifs is 1. The molecule has 0 radical (unpaired) electrons. The highest BCUT2D eigenvalue weighted by Gasteiger charge is 2.48. The van der Waals surface area contributed by atoms with Crippen molar-refractivity contribution in [2.24, 2.45) is 5.92 Å². The van der Waals surface area contributed by atoms with Crippen molar-refractivity contribution in [2.45, 2.75) is 44.2 Å². The van der Waals surface area contributed by atoms with Gasteiger partial charge in [0, 0.05) is 12.1 Å². The number of halogens is 2. The Hall–Kier alpha value is -1.98. The van der Waals surface area contributed by atoms with Gasteiger partial charge in [-0.05, 0) is 37.3 Å². The Kier molecular flexibility index (Phi) is 3.85. The second-order valence-electron chi connectivity index (χ2n) is 6.04. The lowest BCUT2D eigenvalue weighted by atomic mass is 9.84. The van der Waals surface area contributed by atoms with E-state index in [4.69, 9.17) is 0 Å². The zero-order valence-electron chi connectivity index (χ0n) is 12.0. The summed E-state index contributed by atoms with van der Waals surface area (Å²) in [5.74, 6) is -3.28. The molecule has 1 aromatic rings. The van der Waals surface area contributed by atoms with Gasteiger partial charge in [-0.1, -0.05) is 12.8 Å². The smallest absolute Gasteiger partial charge is 0.326 e. The molecule has 0 spiro atoms. The summed E-state index contributed by atoms with van der Waals surface area (Å²) < 4.78 is 26.9. The van der Waals surface area contributed by atoms with Crippen LogP contribution < -0.4 is 0 Å². The average Bonchev–Trinajstić information content (AvgIpc) is 2.86. The number of nitrogens with zero attached hydrogens (tertiary/aromatic N) is 1. The molecular formula is C16H17F2NO3. The molecule has 4 nitrogen and oxygen atoms in total. The van der Waals surface area contributed by atoms with Crippen LogP contribution in [0, 0.1) is 17.6 Å². The molecule has 22 heavy (non-hydrogen) atoms. The van der Waals surface area contributed by atoms with Crippen molar-refractivity contribution in [3.05, 3.63) is 35.4 Å². The number of rotatable bonds is 2. The molecule has 1 saturated heterocycles. The molecule has 1 amide bonds. The highest BCUT2D eigenvalue weighted by Crippen LogP contribution is 2.40. The molecular weight excluding hydrogens is 292 g/mol. The van der Waals surface area contributed by atoms with Gasteiger partial charge in [0.25, 0.3) is 5.91 Å². The van der Waals surface area contributed by atoms with E-state index in [0.717, 1.165) is 37.8 Å². The molecule has 1 N–H and O–H groups in total. The lowest BCUT2D eigenvalue weighted by Crippen LogP contribution is -2.46. The number of likely N-dealkylation sites (tertiary alicyclic amines) is 1. The van der Waals surface area contributed by atoms with Gasteiger partial charge in [-0.3, -0.25) is 4.79 Å². The van der Waals surface area contributed by atoms with Crippen LogP contribution in [0.3, 0.4) is 0 Å². The van der Waals surface area contributed by atoms with Crippen LogP contribution in [0.15, 0.2) is 18.2 Å². The summed E-state index contributed by atoms with van der Waals surface area (Å²) >= 11 is 0. The SMILES string of the molecule is O=C(O)[C@@H]1C[C@H]2CCCC[C@@H]2N1C(=O)c1ccc(F)cc1F. The molecule has 1 heterocycles. The number of carbonyl (C=O) groups is 2. The third-order valence-corrected chi connectivity index (χ3v) is 4.77. The van der Waals surface area contributed by atoms with Gasteiger partial charge in [0.1, 0.15) is 17.7 Å². The van der Waals surface area contributed by atoms with E-state index in [1.807, 2.05) is 0 Å². The minimum atomic E-state index is -1.06. The number of hydrogen-bond donors (Lipinski definition) is 1. The van der Waals surface area contributed by atoms with E-state index < -0.39 is 29.6 Å². The van der Waals surface area contributed by atoms with Crippen LogP contribution in [0.25, 0.3) is 0 Å². The van der Waals surface area contributed by atoms with E-state index in [0.29, 0.717) is 12.5 Å². The van der Waals surface area contributed by atoms with Crippen molar-refractivity contribution in [1.29, 1.82) is 0 Å². The molecule has 118 valence electrons. The number of benzene rings is 1. The summed E-state index contributed by atoms with van der Waals surface area (Å²) in [6.45, 7) is 0. The van der Waals surface area contributed by atoms with Crippen LogP contribution in [0.2, 0.25) is 0 Å². The highest BCUT2D eigenvalue weighted by atomic mass is 19.1. The fraction of sp³-hybridized carbons (Fsp3) is 0.500. The lowest BCUT2D eigenvalue weighted by Gasteiger charge is -2.33. The summed E-state index contributed by atoms with van der Waals surface area (Å²) in [7, 11) is 0. The van der Waals surface area contributed by atoms with Gasteiger partial charge in [0.2, 0.25) is 0 Å². The average molecular weight is 309 g/mol. The van der Waals surface area contributed by atoms with Crippen LogP contribution >= 0.6 is 0 Å². The van der Waals surface area contributed by atoms with E-state index in [-0.39, 0.29) is 17.5 Å². The van der Waals surface area contributed by atoms with Gasteiger partial charge in [0.05, 0.1) is 5.56 Å². The number of amides is 1. The van der Waals surface area contributed by atoms with E-state index in [1.165, 1.54) is 4.90 Å². The van der Waals surface area contributed by atoms with Crippen LogP contribution in [-0.2, 0) is 4.79 Å². The minimum absolute atomic E-state index is 0.155. The Morgan fingerprint density at radius 2 is 1.91 bits per heavy atom. The Morgan fingerprint density at radius 1 is 1.18 bits per heavy atom. The molecule has 1 aliphatic carbocycles. The van der Waals surface area contributed by atoms with Crippen molar-refractivity contribution in [3.8, 4) is 0 Å². The zero-order chi connectivity index (χ0) is 15.9. The Morgan fingerprint density at radius 3 is 2.59 bits per heavy atom. The second kappa shape index (κ2) is 5.66. The predicted molar refractivity (Wildman–Crippen MR) is 74.3 cm³/mol.